The first kappa shape index (κ1) is 16.0. The Bertz CT molecular complexity index is 664. The fourth-order valence-corrected chi connectivity index (χ4v) is 3.32. The average molecular weight is 331 g/mol. The highest BCUT2D eigenvalue weighted by atomic mass is 32.2. The van der Waals surface area contributed by atoms with Gasteiger partial charge in [-0.15, -0.1) is 0 Å². The molecule has 0 bridgehead atoms. The summed E-state index contributed by atoms with van der Waals surface area (Å²) in [5.41, 5.74) is 7.05. The Kier molecular flexibility index (Phi) is 5.00. The smallest absolute Gasteiger partial charge is 0.223 e. The first-order valence-electron chi connectivity index (χ1n) is 7.64. The van der Waals surface area contributed by atoms with Crippen molar-refractivity contribution in [3.8, 4) is 0 Å². The van der Waals surface area contributed by atoms with E-state index in [1.54, 1.807) is 11.8 Å². The van der Waals surface area contributed by atoms with Crippen LogP contribution in [0.2, 0.25) is 0 Å². The lowest BCUT2D eigenvalue weighted by molar-refractivity contribution is 0.128. The van der Waals surface area contributed by atoms with E-state index in [9.17, 15) is 5.11 Å². The lowest BCUT2D eigenvalue weighted by Gasteiger charge is -2.29. The van der Waals surface area contributed by atoms with E-state index in [0.717, 1.165) is 22.9 Å². The van der Waals surface area contributed by atoms with E-state index in [-0.39, 0.29) is 12.0 Å². The van der Waals surface area contributed by atoms with Gasteiger partial charge in [0.1, 0.15) is 10.8 Å². The minimum atomic E-state index is -0.437. The summed E-state index contributed by atoms with van der Waals surface area (Å²) in [6, 6.07) is 10.1. The first-order chi connectivity index (χ1) is 11.1. The zero-order valence-corrected chi connectivity index (χ0v) is 13.8. The SMILES string of the molecule is Cc1ccc(Sc2cc(N[C@@H]3CCNC[C@H]3O)nc(N)n2)cc1. The minimum absolute atomic E-state index is 0.0252. The number of nitrogens with one attached hydrogen (secondary N) is 2. The Morgan fingerprint density at radius 3 is 2.83 bits per heavy atom. The van der Waals surface area contributed by atoms with Crippen molar-refractivity contribution in [1.29, 1.82) is 0 Å². The van der Waals surface area contributed by atoms with Crippen LogP contribution in [-0.2, 0) is 0 Å². The quantitative estimate of drug-likeness (QED) is 0.633. The molecule has 1 saturated heterocycles. The van der Waals surface area contributed by atoms with Crippen molar-refractivity contribution in [1.82, 2.24) is 15.3 Å². The predicted molar refractivity (Wildman–Crippen MR) is 92.7 cm³/mol. The van der Waals surface area contributed by atoms with Gasteiger partial charge in [0.2, 0.25) is 5.95 Å². The fourth-order valence-electron chi connectivity index (χ4n) is 2.50. The third kappa shape index (κ3) is 4.34. The van der Waals surface area contributed by atoms with E-state index < -0.39 is 6.10 Å². The normalized spacial score (nSPS) is 21.1. The molecular formula is C16H21N5OS. The van der Waals surface area contributed by atoms with Crippen LogP contribution >= 0.6 is 11.8 Å². The Labute approximate surface area is 139 Å². The molecule has 0 unspecified atom stereocenters. The second-order valence-corrected chi connectivity index (χ2v) is 6.77. The van der Waals surface area contributed by atoms with Crippen molar-refractivity contribution in [2.75, 3.05) is 24.1 Å². The standard InChI is InChI=1S/C16H21N5OS/c1-10-2-4-11(5-3-10)23-15-8-14(20-16(17)21-15)19-12-6-7-18-9-13(12)22/h2-5,8,12-13,18,22H,6-7,9H2,1H3,(H3,17,19,20,21)/t12-,13-/m1/s1. The second kappa shape index (κ2) is 7.16. The number of benzene rings is 1. The van der Waals surface area contributed by atoms with Gasteiger partial charge in [0.05, 0.1) is 12.1 Å². The molecule has 0 radical (unpaired) electrons. The topological polar surface area (TPSA) is 96.1 Å². The van der Waals surface area contributed by atoms with Gasteiger partial charge in [-0.3, -0.25) is 0 Å². The molecule has 0 amide bonds. The maximum absolute atomic E-state index is 10.0. The number of aliphatic hydroxyl groups excluding tert-OH is 1. The molecule has 2 heterocycles. The number of nitrogens with zero attached hydrogens (tertiary/aromatic N) is 2. The summed E-state index contributed by atoms with van der Waals surface area (Å²) in [4.78, 5) is 9.61. The highest BCUT2D eigenvalue weighted by Crippen LogP contribution is 2.28. The van der Waals surface area contributed by atoms with Gasteiger partial charge in [-0.2, -0.15) is 4.98 Å². The summed E-state index contributed by atoms with van der Waals surface area (Å²) < 4.78 is 0. The molecule has 1 fully saturated rings. The van der Waals surface area contributed by atoms with Gasteiger partial charge in [-0.05, 0) is 32.0 Å². The van der Waals surface area contributed by atoms with Crippen molar-refractivity contribution >= 4 is 23.5 Å². The molecule has 1 aromatic carbocycles. The number of hydrogen-bond acceptors (Lipinski definition) is 7. The third-order valence-electron chi connectivity index (χ3n) is 3.75. The van der Waals surface area contributed by atoms with Crippen molar-refractivity contribution < 1.29 is 5.11 Å². The molecule has 0 saturated carbocycles. The van der Waals surface area contributed by atoms with Gasteiger partial charge >= 0.3 is 0 Å². The van der Waals surface area contributed by atoms with Crippen LogP contribution in [0.25, 0.3) is 0 Å². The summed E-state index contributed by atoms with van der Waals surface area (Å²) in [5, 5.41) is 17.2. The van der Waals surface area contributed by atoms with Gasteiger partial charge in [0.15, 0.2) is 0 Å². The zero-order chi connectivity index (χ0) is 16.2. The van der Waals surface area contributed by atoms with E-state index >= 15 is 0 Å². The highest BCUT2D eigenvalue weighted by molar-refractivity contribution is 7.99. The second-order valence-electron chi connectivity index (χ2n) is 5.68. The van der Waals surface area contributed by atoms with Crippen molar-refractivity contribution in [3.05, 3.63) is 35.9 Å². The van der Waals surface area contributed by atoms with Crippen molar-refractivity contribution in [2.45, 2.75) is 35.4 Å². The molecule has 2 aromatic rings. The van der Waals surface area contributed by atoms with Crippen LogP contribution in [0, 0.1) is 6.92 Å². The number of rotatable bonds is 4. The number of aliphatic hydroxyl groups is 1. The Hall–Kier alpha value is -1.83. The van der Waals surface area contributed by atoms with Crippen LogP contribution in [-0.4, -0.2) is 40.3 Å². The van der Waals surface area contributed by atoms with E-state index in [1.807, 2.05) is 6.07 Å². The molecule has 0 aliphatic carbocycles. The van der Waals surface area contributed by atoms with E-state index in [1.165, 1.54) is 5.56 Å². The van der Waals surface area contributed by atoms with Gasteiger partial charge < -0.3 is 21.5 Å². The van der Waals surface area contributed by atoms with E-state index in [4.69, 9.17) is 5.73 Å². The molecule has 5 N–H and O–H groups in total. The van der Waals surface area contributed by atoms with Gasteiger partial charge in [-0.1, -0.05) is 29.5 Å². The molecule has 2 atom stereocenters. The minimum Gasteiger partial charge on any atom is -0.390 e. The lowest BCUT2D eigenvalue weighted by Crippen LogP contribution is -2.47. The van der Waals surface area contributed by atoms with Crippen molar-refractivity contribution in [3.63, 3.8) is 0 Å². The van der Waals surface area contributed by atoms with Crippen LogP contribution in [0.5, 0.6) is 0 Å². The van der Waals surface area contributed by atoms with Gasteiger partial charge in [0.25, 0.3) is 0 Å². The third-order valence-corrected chi connectivity index (χ3v) is 4.67. The van der Waals surface area contributed by atoms with E-state index in [0.29, 0.717) is 12.4 Å². The molecule has 0 spiro atoms. The summed E-state index contributed by atoms with van der Waals surface area (Å²) >= 11 is 1.54. The number of anilines is 2. The van der Waals surface area contributed by atoms with E-state index in [2.05, 4.69) is 51.8 Å². The van der Waals surface area contributed by atoms with Crippen molar-refractivity contribution in [2.24, 2.45) is 0 Å². The Morgan fingerprint density at radius 1 is 1.30 bits per heavy atom. The summed E-state index contributed by atoms with van der Waals surface area (Å²) in [6.45, 7) is 3.52. The lowest BCUT2D eigenvalue weighted by atomic mass is 10.0. The fraction of sp³-hybridized carbons (Fsp3) is 0.375. The predicted octanol–water partition coefficient (Wildman–Crippen LogP) is 1.65. The summed E-state index contributed by atoms with van der Waals surface area (Å²) in [7, 11) is 0. The number of hydrogen-bond donors (Lipinski definition) is 4. The maximum atomic E-state index is 10.0. The van der Waals surface area contributed by atoms with Gasteiger partial charge in [0, 0.05) is 17.5 Å². The molecule has 7 heteroatoms. The number of aromatic nitrogens is 2. The highest BCUT2D eigenvalue weighted by Gasteiger charge is 2.23. The molecule has 6 nitrogen and oxygen atoms in total. The van der Waals surface area contributed by atoms with Crippen LogP contribution in [0.3, 0.4) is 0 Å². The van der Waals surface area contributed by atoms with Gasteiger partial charge in [-0.25, -0.2) is 4.98 Å². The molecule has 23 heavy (non-hydrogen) atoms. The Morgan fingerprint density at radius 2 is 2.09 bits per heavy atom. The molecule has 1 aromatic heterocycles. The maximum Gasteiger partial charge on any atom is 0.223 e. The molecule has 122 valence electrons. The average Bonchev–Trinajstić information content (AvgIpc) is 2.51. The zero-order valence-electron chi connectivity index (χ0n) is 13.0. The van der Waals surface area contributed by atoms with Crippen LogP contribution < -0.4 is 16.4 Å². The first-order valence-corrected chi connectivity index (χ1v) is 8.46. The van der Waals surface area contributed by atoms with Crippen LogP contribution in [0.4, 0.5) is 11.8 Å². The number of nitrogen functional groups attached to an aromatic ring is 1. The number of β-amino-alcohol motifs (C(OH)–C–C–N with tert-alkyl or cyclic N) is 1. The number of aryl methyl sites for hydroxylation is 1. The molecule has 1 aliphatic heterocycles. The molecule has 3 rings (SSSR count). The number of nitrogens with two attached hydrogens (primary N) is 1. The largest absolute Gasteiger partial charge is 0.390 e. The monoisotopic (exact) mass is 331 g/mol. The number of piperidine rings is 1. The molecular weight excluding hydrogens is 310 g/mol. The van der Waals surface area contributed by atoms with Crippen LogP contribution in [0.1, 0.15) is 12.0 Å². The summed E-state index contributed by atoms with van der Waals surface area (Å²) in [6.07, 6.45) is 0.402. The molecule has 1 aliphatic rings. The van der Waals surface area contributed by atoms with Crippen LogP contribution in [0.15, 0.2) is 40.3 Å². The Balaban J connectivity index is 1.74. The summed E-state index contributed by atoms with van der Waals surface area (Å²) in [5.74, 6) is 0.881.